The van der Waals surface area contributed by atoms with Crippen molar-refractivity contribution in [3.63, 3.8) is 0 Å². The van der Waals surface area contributed by atoms with Crippen molar-refractivity contribution >= 4 is 40.0 Å². The third-order valence-corrected chi connectivity index (χ3v) is 6.87. The molecule has 2 heterocycles. The van der Waals surface area contributed by atoms with Gasteiger partial charge in [0.1, 0.15) is 5.82 Å². The highest BCUT2D eigenvalue weighted by atomic mass is 19.4. The van der Waals surface area contributed by atoms with E-state index < -0.39 is 22.6 Å². The monoisotopic (exact) mass is 566 g/mol. The number of halogens is 3. The zero-order chi connectivity index (χ0) is 29.1. The molecular weight excluding hydrogens is 541 g/mol. The molecule has 212 valence electrons. The van der Waals surface area contributed by atoms with Gasteiger partial charge in [-0.25, -0.2) is 9.78 Å². The minimum atomic E-state index is -4.38. The summed E-state index contributed by atoms with van der Waals surface area (Å²) in [7, 11) is 0. The van der Waals surface area contributed by atoms with Gasteiger partial charge in [-0.15, -0.1) is 0 Å². The second-order valence-electron chi connectivity index (χ2n) is 9.75. The van der Waals surface area contributed by atoms with Crippen molar-refractivity contribution in [3.8, 4) is 0 Å². The summed E-state index contributed by atoms with van der Waals surface area (Å²) in [5.74, 6) is -0.439. The van der Waals surface area contributed by atoms with Gasteiger partial charge < -0.3 is 15.7 Å². The molecule has 0 amide bonds. The van der Waals surface area contributed by atoms with Gasteiger partial charge in [-0.3, -0.25) is 15.0 Å². The number of anilines is 3. The molecule has 0 spiro atoms. The minimum absolute atomic E-state index is 0.00552. The zero-order valence-electron chi connectivity index (χ0n) is 21.6. The van der Waals surface area contributed by atoms with E-state index in [0.29, 0.717) is 66.4 Å². The van der Waals surface area contributed by atoms with Gasteiger partial charge in [-0.1, -0.05) is 18.2 Å². The van der Waals surface area contributed by atoms with Crippen LogP contribution in [0.25, 0.3) is 10.9 Å². The summed E-state index contributed by atoms with van der Waals surface area (Å²) < 4.78 is 39.2. The summed E-state index contributed by atoms with van der Waals surface area (Å²) in [4.78, 5) is 33.3. The van der Waals surface area contributed by atoms with Crippen molar-refractivity contribution in [1.82, 2.24) is 14.9 Å². The molecule has 1 aliphatic rings. The predicted molar refractivity (Wildman–Crippen MR) is 146 cm³/mol. The number of carboxylic acids is 1. The molecule has 3 N–H and O–H groups in total. The van der Waals surface area contributed by atoms with E-state index in [9.17, 15) is 28.1 Å². The first kappa shape index (κ1) is 27.8. The summed E-state index contributed by atoms with van der Waals surface area (Å²) >= 11 is 0. The average Bonchev–Trinajstić information content (AvgIpc) is 2.94. The van der Waals surface area contributed by atoms with Crippen molar-refractivity contribution in [2.24, 2.45) is 0 Å². The lowest BCUT2D eigenvalue weighted by atomic mass is 10.0. The molecule has 0 unspecified atom stereocenters. The number of alkyl halides is 3. The van der Waals surface area contributed by atoms with Crippen LogP contribution in [0.3, 0.4) is 0 Å². The van der Waals surface area contributed by atoms with E-state index in [1.165, 1.54) is 42.5 Å². The predicted octanol–water partition coefficient (Wildman–Crippen LogP) is 6.08. The zero-order valence-corrected chi connectivity index (χ0v) is 21.6. The van der Waals surface area contributed by atoms with Crippen molar-refractivity contribution in [3.05, 3.63) is 93.5 Å². The molecule has 41 heavy (non-hydrogen) atoms. The summed E-state index contributed by atoms with van der Waals surface area (Å²) in [6.07, 6.45) is -2.96. The van der Waals surface area contributed by atoms with Crippen LogP contribution in [0.15, 0.2) is 66.7 Å². The smallest absolute Gasteiger partial charge is 0.416 e. The lowest BCUT2D eigenvalue weighted by Crippen LogP contribution is -2.39. The third kappa shape index (κ3) is 6.69. The van der Waals surface area contributed by atoms with Gasteiger partial charge in [0.2, 0.25) is 5.95 Å². The number of hydrogen-bond donors (Lipinski definition) is 3. The maximum atomic E-state index is 13.1. The molecule has 3 aromatic carbocycles. The first-order valence-electron chi connectivity index (χ1n) is 12.8. The molecule has 0 radical (unpaired) electrons. The number of nitrogens with zero attached hydrogens (tertiary/aromatic N) is 4. The number of non-ortho nitro benzene ring substituents is 1. The molecule has 0 atom stereocenters. The first-order valence-corrected chi connectivity index (χ1v) is 12.8. The van der Waals surface area contributed by atoms with E-state index in [1.54, 1.807) is 18.2 Å². The van der Waals surface area contributed by atoms with E-state index in [-0.39, 0.29) is 17.3 Å². The van der Waals surface area contributed by atoms with Gasteiger partial charge in [-0.2, -0.15) is 18.2 Å². The summed E-state index contributed by atoms with van der Waals surface area (Å²) in [5.41, 5.74) is 0.938. The van der Waals surface area contributed by atoms with E-state index in [4.69, 9.17) is 5.11 Å². The van der Waals surface area contributed by atoms with Crippen molar-refractivity contribution in [1.29, 1.82) is 0 Å². The SMILES string of the molecule is O=C(O)c1ccc(Nc2nc(NC3CCN(Cc4cccc(C(F)(F)F)c4)CC3)nc3ccc([N+](=O)[O-])cc23)cc1. The van der Waals surface area contributed by atoms with Gasteiger partial charge in [0, 0.05) is 48.9 Å². The van der Waals surface area contributed by atoms with Crippen LogP contribution >= 0.6 is 0 Å². The molecule has 10 nitrogen and oxygen atoms in total. The molecule has 0 bridgehead atoms. The quantitative estimate of drug-likeness (QED) is 0.171. The van der Waals surface area contributed by atoms with Gasteiger partial charge in [0.25, 0.3) is 5.69 Å². The number of aromatic nitrogens is 2. The van der Waals surface area contributed by atoms with E-state index in [2.05, 4.69) is 25.5 Å². The summed E-state index contributed by atoms with van der Waals surface area (Å²) in [6.45, 7) is 1.74. The van der Waals surface area contributed by atoms with E-state index in [0.717, 1.165) is 6.07 Å². The van der Waals surface area contributed by atoms with Crippen LogP contribution in [0.5, 0.6) is 0 Å². The molecular formula is C28H25F3N6O4. The molecule has 1 aliphatic heterocycles. The number of benzene rings is 3. The number of aromatic carboxylic acids is 1. The second-order valence-corrected chi connectivity index (χ2v) is 9.75. The van der Waals surface area contributed by atoms with Crippen LogP contribution in [0.1, 0.15) is 34.3 Å². The summed E-state index contributed by atoms with van der Waals surface area (Å²) in [6, 6.07) is 15.6. The molecule has 0 aliphatic carbocycles. The molecule has 1 fully saturated rings. The lowest BCUT2D eigenvalue weighted by Gasteiger charge is -2.32. The number of nitro groups is 1. The Kier molecular flexibility index (Phi) is 7.70. The van der Waals surface area contributed by atoms with Crippen LogP contribution in [0.4, 0.5) is 36.3 Å². The van der Waals surface area contributed by atoms with Gasteiger partial charge in [-0.05, 0) is 54.8 Å². The Hall–Kier alpha value is -4.78. The van der Waals surface area contributed by atoms with E-state index in [1.807, 2.05) is 0 Å². The average molecular weight is 567 g/mol. The van der Waals surface area contributed by atoms with Crippen LogP contribution in [0, 0.1) is 10.1 Å². The number of carboxylic acid groups (broad SMARTS) is 1. The van der Waals surface area contributed by atoms with Crippen LogP contribution in [-0.4, -0.2) is 50.0 Å². The van der Waals surface area contributed by atoms with Crippen molar-refractivity contribution in [2.75, 3.05) is 23.7 Å². The maximum absolute atomic E-state index is 13.1. The van der Waals surface area contributed by atoms with Crippen LogP contribution < -0.4 is 10.6 Å². The number of likely N-dealkylation sites (tertiary alicyclic amines) is 1. The highest BCUT2D eigenvalue weighted by molar-refractivity contribution is 5.93. The normalized spacial score (nSPS) is 14.6. The number of rotatable bonds is 8. The number of piperidine rings is 1. The maximum Gasteiger partial charge on any atom is 0.416 e. The molecule has 5 rings (SSSR count). The second kappa shape index (κ2) is 11.4. The first-order chi connectivity index (χ1) is 19.5. The number of fused-ring (bicyclic) bond motifs is 1. The molecule has 0 saturated carbocycles. The van der Waals surface area contributed by atoms with Gasteiger partial charge in [0.15, 0.2) is 0 Å². The fraction of sp³-hybridized carbons (Fsp3) is 0.250. The van der Waals surface area contributed by atoms with Gasteiger partial charge >= 0.3 is 12.1 Å². The molecule has 4 aromatic rings. The van der Waals surface area contributed by atoms with Gasteiger partial charge in [0.05, 0.1) is 21.6 Å². The Morgan fingerprint density at radius 2 is 1.78 bits per heavy atom. The number of nitro benzene ring substituents is 1. The largest absolute Gasteiger partial charge is 0.478 e. The Labute approximate surface area is 232 Å². The Balaban J connectivity index is 1.31. The van der Waals surface area contributed by atoms with E-state index >= 15 is 0 Å². The Morgan fingerprint density at radius 3 is 2.44 bits per heavy atom. The standard InChI is InChI=1S/C28H25F3N6O4/c29-28(30,31)19-3-1-2-17(14-19)16-36-12-10-21(11-13-36)33-27-34-24-9-8-22(37(40)41)15-23(24)25(35-27)32-20-6-4-18(5-7-20)26(38)39/h1-9,14-15,21H,10-13,16H2,(H,38,39)(H2,32,33,34,35). The highest BCUT2D eigenvalue weighted by Crippen LogP contribution is 2.31. The van der Waals surface area contributed by atoms with Crippen LogP contribution in [-0.2, 0) is 12.7 Å². The van der Waals surface area contributed by atoms with Crippen molar-refractivity contribution in [2.45, 2.75) is 31.6 Å². The van der Waals surface area contributed by atoms with Crippen molar-refractivity contribution < 1.29 is 28.0 Å². The number of carbonyl (C=O) groups is 1. The number of nitrogens with one attached hydrogen (secondary N) is 2. The fourth-order valence-electron chi connectivity index (χ4n) is 4.74. The third-order valence-electron chi connectivity index (χ3n) is 6.87. The fourth-order valence-corrected chi connectivity index (χ4v) is 4.74. The Bertz CT molecular complexity index is 1590. The Morgan fingerprint density at radius 1 is 1.05 bits per heavy atom. The lowest BCUT2D eigenvalue weighted by molar-refractivity contribution is -0.384. The molecule has 1 aromatic heterocycles. The summed E-state index contributed by atoms with van der Waals surface area (Å²) in [5, 5.41) is 27.4. The topological polar surface area (TPSA) is 134 Å². The minimum Gasteiger partial charge on any atom is -0.478 e. The molecule has 13 heteroatoms. The number of hydrogen-bond acceptors (Lipinski definition) is 8. The molecule has 1 saturated heterocycles. The van der Waals surface area contributed by atoms with Crippen LogP contribution in [0.2, 0.25) is 0 Å². The highest BCUT2D eigenvalue weighted by Gasteiger charge is 2.30.